The molecule has 1 saturated heterocycles. The summed E-state index contributed by atoms with van der Waals surface area (Å²) in [5.74, 6) is 0.353. The van der Waals surface area contributed by atoms with Crippen molar-refractivity contribution in [1.82, 2.24) is 0 Å². The first kappa shape index (κ1) is 9.58. The SMILES string of the molecule is C=COCCC1CCCS1(=O)=O. The third-order valence-electron chi connectivity index (χ3n) is 2.14. The number of sulfone groups is 1. The first-order valence-corrected chi connectivity index (χ1v) is 5.82. The van der Waals surface area contributed by atoms with Crippen molar-refractivity contribution < 1.29 is 13.2 Å². The lowest BCUT2D eigenvalue weighted by Crippen LogP contribution is -2.17. The van der Waals surface area contributed by atoms with E-state index in [-0.39, 0.29) is 5.25 Å². The predicted molar refractivity (Wildman–Crippen MR) is 47.6 cm³/mol. The van der Waals surface area contributed by atoms with Crippen LogP contribution in [-0.4, -0.2) is 26.0 Å². The Morgan fingerprint density at radius 1 is 1.58 bits per heavy atom. The maximum atomic E-state index is 11.3. The smallest absolute Gasteiger partial charge is 0.153 e. The van der Waals surface area contributed by atoms with Gasteiger partial charge in [-0.25, -0.2) is 8.42 Å². The first-order chi connectivity index (χ1) is 5.67. The maximum Gasteiger partial charge on any atom is 0.153 e. The molecule has 0 bridgehead atoms. The first-order valence-electron chi connectivity index (χ1n) is 4.11. The van der Waals surface area contributed by atoms with Crippen LogP contribution >= 0.6 is 0 Å². The second kappa shape index (κ2) is 3.94. The molecular formula is C8H14O3S. The van der Waals surface area contributed by atoms with Crippen LogP contribution in [0, 0.1) is 0 Å². The van der Waals surface area contributed by atoms with Crippen molar-refractivity contribution in [3.8, 4) is 0 Å². The van der Waals surface area contributed by atoms with Gasteiger partial charge in [0.15, 0.2) is 9.84 Å². The normalized spacial score (nSPS) is 26.8. The molecule has 1 aliphatic rings. The molecule has 1 unspecified atom stereocenters. The second-order valence-corrected chi connectivity index (χ2v) is 5.36. The Balaban J connectivity index is 2.37. The molecule has 0 N–H and O–H groups in total. The molecule has 0 amide bonds. The van der Waals surface area contributed by atoms with E-state index < -0.39 is 9.84 Å². The molecule has 0 aromatic rings. The van der Waals surface area contributed by atoms with Crippen LogP contribution in [0.5, 0.6) is 0 Å². The Morgan fingerprint density at radius 3 is 2.83 bits per heavy atom. The fourth-order valence-corrected chi connectivity index (χ4v) is 3.35. The van der Waals surface area contributed by atoms with Crippen LogP contribution in [0.4, 0.5) is 0 Å². The molecule has 1 heterocycles. The van der Waals surface area contributed by atoms with Gasteiger partial charge in [-0.1, -0.05) is 6.58 Å². The van der Waals surface area contributed by atoms with Gasteiger partial charge in [-0.05, 0) is 19.3 Å². The molecule has 1 fully saturated rings. The van der Waals surface area contributed by atoms with Crippen molar-refractivity contribution >= 4 is 9.84 Å². The molecule has 1 atom stereocenters. The number of hydrogen-bond donors (Lipinski definition) is 0. The zero-order valence-electron chi connectivity index (χ0n) is 7.03. The lowest BCUT2D eigenvalue weighted by Gasteiger charge is -2.07. The molecule has 0 saturated carbocycles. The van der Waals surface area contributed by atoms with Gasteiger partial charge in [0.1, 0.15) is 0 Å². The summed E-state index contributed by atoms with van der Waals surface area (Å²) in [7, 11) is -2.78. The fraction of sp³-hybridized carbons (Fsp3) is 0.750. The molecule has 3 nitrogen and oxygen atoms in total. The van der Waals surface area contributed by atoms with Crippen molar-refractivity contribution in [3.05, 3.63) is 12.8 Å². The van der Waals surface area contributed by atoms with E-state index in [1.165, 1.54) is 6.26 Å². The summed E-state index contributed by atoms with van der Waals surface area (Å²) in [5.41, 5.74) is 0. The van der Waals surface area contributed by atoms with Crippen LogP contribution < -0.4 is 0 Å². The molecule has 4 heteroatoms. The largest absolute Gasteiger partial charge is 0.502 e. The average Bonchev–Trinajstić information content (AvgIpc) is 2.32. The third-order valence-corrected chi connectivity index (χ3v) is 4.48. The molecule has 0 spiro atoms. The summed E-state index contributed by atoms with van der Waals surface area (Å²) in [5, 5.41) is -0.169. The summed E-state index contributed by atoms with van der Waals surface area (Å²) < 4.78 is 27.4. The molecule has 0 aromatic heterocycles. The Labute approximate surface area is 73.3 Å². The van der Waals surface area contributed by atoms with Gasteiger partial charge in [0.2, 0.25) is 0 Å². The number of hydrogen-bond acceptors (Lipinski definition) is 3. The topological polar surface area (TPSA) is 43.4 Å². The molecule has 0 radical (unpaired) electrons. The summed E-state index contributed by atoms with van der Waals surface area (Å²) >= 11 is 0. The van der Waals surface area contributed by atoms with E-state index in [9.17, 15) is 8.42 Å². The minimum absolute atomic E-state index is 0.169. The van der Waals surface area contributed by atoms with Gasteiger partial charge >= 0.3 is 0 Å². The Bertz CT molecular complexity index is 243. The standard InChI is InChI=1S/C8H14O3S/c1-2-11-6-5-8-4-3-7-12(8,9)10/h2,8H,1,3-7H2. The van der Waals surface area contributed by atoms with Crippen molar-refractivity contribution in [3.63, 3.8) is 0 Å². The van der Waals surface area contributed by atoms with E-state index in [1.54, 1.807) is 0 Å². The second-order valence-electron chi connectivity index (χ2n) is 2.96. The molecule has 0 aliphatic carbocycles. The van der Waals surface area contributed by atoms with Crippen LogP contribution in [0.15, 0.2) is 12.8 Å². The van der Waals surface area contributed by atoms with Gasteiger partial charge in [-0.3, -0.25) is 0 Å². The Morgan fingerprint density at radius 2 is 2.33 bits per heavy atom. The van der Waals surface area contributed by atoms with E-state index in [2.05, 4.69) is 6.58 Å². The van der Waals surface area contributed by atoms with Crippen LogP contribution in [0.25, 0.3) is 0 Å². The van der Waals surface area contributed by atoms with E-state index in [0.717, 1.165) is 12.8 Å². The monoisotopic (exact) mass is 190 g/mol. The van der Waals surface area contributed by atoms with Gasteiger partial charge < -0.3 is 4.74 Å². The van der Waals surface area contributed by atoms with Gasteiger partial charge in [-0.15, -0.1) is 0 Å². The minimum Gasteiger partial charge on any atom is -0.502 e. The maximum absolute atomic E-state index is 11.3. The van der Waals surface area contributed by atoms with Crippen LogP contribution in [0.3, 0.4) is 0 Å². The average molecular weight is 190 g/mol. The Kier molecular flexibility index (Phi) is 3.14. The summed E-state index contributed by atoms with van der Waals surface area (Å²) in [6.07, 6.45) is 3.56. The number of ether oxygens (including phenoxy) is 1. The van der Waals surface area contributed by atoms with E-state index in [0.29, 0.717) is 18.8 Å². The Hall–Kier alpha value is -0.510. The third kappa shape index (κ3) is 2.24. The van der Waals surface area contributed by atoms with Crippen molar-refractivity contribution in [2.45, 2.75) is 24.5 Å². The van der Waals surface area contributed by atoms with Crippen molar-refractivity contribution in [2.24, 2.45) is 0 Å². The number of rotatable bonds is 4. The summed E-state index contributed by atoms with van der Waals surface area (Å²) in [4.78, 5) is 0. The van der Waals surface area contributed by atoms with Gasteiger partial charge in [0.05, 0.1) is 23.9 Å². The zero-order valence-corrected chi connectivity index (χ0v) is 7.85. The fourth-order valence-electron chi connectivity index (χ4n) is 1.47. The van der Waals surface area contributed by atoms with Gasteiger partial charge in [0.25, 0.3) is 0 Å². The molecular weight excluding hydrogens is 176 g/mol. The highest BCUT2D eigenvalue weighted by molar-refractivity contribution is 7.92. The van der Waals surface area contributed by atoms with E-state index in [1.807, 2.05) is 0 Å². The van der Waals surface area contributed by atoms with E-state index in [4.69, 9.17) is 4.74 Å². The molecule has 12 heavy (non-hydrogen) atoms. The minimum atomic E-state index is -2.78. The van der Waals surface area contributed by atoms with Gasteiger partial charge in [-0.2, -0.15) is 0 Å². The molecule has 1 rings (SSSR count). The van der Waals surface area contributed by atoms with Gasteiger partial charge in [0, 0.05) is 0 Å². The summed E-state index contributed by atoms with van der Waals surface area (Å²) in [6.45, 7) is 3.86. The van der Waals surface area contributed by atoms with Crippen LogP contribution in [0.1, 0.15) is 19.3 Å². The highest BCUT2D eigenvalue weighted by atomic mass is 32.2. The molecule has 0 aromatic carbocycles. The molecule has 70 valence electrons. The van der Waals surface area contributed by atoms with Crippen LogP contribution in [-0.2, 0) is 14.6 Å². The van der Waals surface area contributed by atoms with Crippen molar-refractivity contribution in [2.75, 3.05) is 12.4 Å². The summed E-state index contributed by atoms with van der Waals surface area (Å²) in [6, 6.07) is 0. The quantitative estimate of drug-likeness (QED) is 0.492. The lowest BCUT2D eigenvalue weighted by molar-refractivity contribution is 0.243. The predicted octanol–water partition coefficient (Wildman–Crippen LogP) is 1.11. The van der Waals surface area contributed by atoms with Crippen LogP contribution in [0.2, 0.25) is 0 Å². The highest BCUT2D eigenvalue weighted by Gasteiger charge is 2.30. The van der Waals surface area contributed by atoms with E-state index >= 15 is 0 Å². The molecule has 1 aliphatic heterocycles. The highest BCUT2D eigenvalue weighted by Crippen LogP contribution is 2.22. The lowest BCUT2D eigenvalue weighted by atomic mass is 10.2. The zero-order chi connectivity index (χ0) is 9.03. The van der Waals surface area contributed by atoms with Crippen molar-refractivity contribution in [1.29, 1.82) is 0 Å².